The first-order valence-corrected chi connectivity index (χ1v) is 9.10. The molecule has 4 rings (SSSR count). The van der Waals surface area contributed by atoms with Crippen LogP contribution in [0.25, 0.3) is 16.4 Å². The van der Waals surface area contributed by atoms with Crippen molar-refractivity contribution in [3.8, 4) is 11.6 Å². The summed E-state index contributed by atoms with van der Waals surface area (Å²) in [5.74, 6) is 0.889. The fraction of sp³-hybridized carbons (Fsp3) is 0.550. The second kappa shape index (κ2) is 8.27. The molecule has 9 nitrogen and oxygen atoms in total. The Balaban J connectivity index is 0.000000590. The average molecular weight is 402 g/mol. The molecule has 29 heavy (non-hydrogen) atoms. The summed E-state index contributed by atoms with van der Waals surface area (Å²) in [4.78, 5) is 15.9. The number of rotatable bonds is 1. The molecule has 2 heterocycles. The van der Waals surface area contributed by atoms with E-state index in [9.17, 15) is 4.79 Å². The van der Waals surface area contributed by atoms with Crippen LogP contribution in [0.2, 0.25) is 0 Å². The molecule has 0 spiro atoms. The van der Waals surface area contributed by atoms with Crippen LogP contribution >= 0.6 is 0 Å². The Morgan fingerprint density at radius 2 is 2.17 bits per heavy atom. The first kappa shape index (κ1) is 20.9. The Kier molecular flexibility index (Phi) is 5.96. The summed E-state index contributed by atoms with van der Waals surface area (Å²) >= 11 is 0. The molecule has 0 saturated heterocycles. The first-order chi connectivity index (χ1) is 14.3. The monoisotopic (exact) mass is 402 g/mol. The van der Waals surface area contributed by atoms with Gasteiger partial charge in [-0.25, -0.2) is 10.3 Å². The Bertz CT molecular complexity index is 989. The lowest BCUT2D eigenvalue weighted by Crippen LogP contribution is -2.45. The summed E-state index contributed by atoms with van der Waals surface area (Å²) < 4.78 is 13.1. The lowest BCUT2D eigenvalue weighted by molar-refractivity contribution is -0.121. The number of carbonyl (C=O) groups excluding carboxylic acids is 1. The largest absolute Gasteiger partial charge is 0.420 e. The molecule has 0 aliphatic heterocycles. The lowest BCUT2D eigenvalue weighted by Gasteiger charge is -2.44. The zero-order valence-electron chi connectivity index (χ0n) is 18.6. The maximum atomic E-state index is 12.4. The maximum Gasteiger partial charge on any atom is 0.266 e. The summed E-state index contributed by atoms with van der Waals surface area (Å²) in [6, 6.07) is 0. The van der Waals surface area contributed by atoms with Crippen LogP contribution in [0.4, 0.5) is 0 Å². The highest BCUT2D eigenvalue weighted by Gasteiger charge is 2.50. The molecule has 0 unspecified atom stereocenters. The van der Waals surface area contributed by atoms with Gasteiger partial charge in [-0.05, 0) is 18.8 Å². The van der Waals surface area contributed by atoms with Crippen molar-refractivity contribution in [3.63, 3.8) is 0 Å². The summed E-state index contributed by atoms with van der Waals surface area (Å²) in [5, 5.41) is 20.1. The van der Waals surface area contributed by atoms with Gasteiger partial charge in [0.1, 0.15) is 5.69 Å². The molecular formula is C20H28N6O3. The van der Waals surface area contributed by atoms with E-state index in [-0.39, 0.29) is 23.3 Å². The van der Waals surface area contributed by atoms with Gasteiger partial charge >= 0.3 is 0 Å². The molecular weight excluding hydrogens is 372 g/mol. The number of ketones is 1. The van der Waals surface area contributed by atoms with Crippen LogP contribution in [0.3, 0.4) is 0 Å². The average Bonchev–Trinajstić information content (AvgIpc) is 3.30. The van der Waals surface area contributed by atoms with Crippen LogP contribution in [-0.2, 0) is 23.7 Å². The van der Waals surface area contributed by atoms with Crippen molar-refractivity contribution in [2.45, 2.75) is 46.4 Å². The van der Waals surface area contributed by atoms with Crippen LogP contribution in [0.1, 0.15) is 46.2 Å². The van der Waals surface area contributed by atoms with Crippen LogP contribution in [0.15, 0.2) is 16.2 Å². The lowest BCUT2D eigenvalue weighted by atomic mass is 9.58. The quantitative estimate of drug-likeness (QED) is 0.557. The molecule has 3 atom stereocenters. The molecule has 9 heteroatoms. The Labute approximate surface area is 172 Å². The van der Waals surface area contributed by atoms with Crippen molar-refractivity contribution in [2.75, 3.05) is 7.05 Å². The molecule has 2 aromatic rings. The van der Waals surface area contributed by atoms with Crippen LogP contribution in [0.5, 0.6) is 0 Å². The fourth-order valence-corrected chi connectivity index (χ4v) is 4.48. The second-order valence-electron chi connectivity index (χ2n) is 7.37. The van der Waals surface area contributed by atoms with E-state index in [4.69, 9.17) is 22.7 Å². The summed E-state index contributed by atoms with van der Waals surface area (Å²) in [6.45, 7) is 13.1. The normalized spacial score (nSPS) is 25.1. The van der Waals surface area contributed by atoms with Gasteiger partial charge in [-0.1, -0.05) is 27.3 Å². The van der Waals surface area contributed by atoms with E-state index >= 15 is 0 Å². The van der Waals surface area contributed by atoms with E-state index in [0.29, 0.717) is 11.8 Å². The zero-order chi connectivity index (χ0) is 22.6. The Morgan fingerprint density at radius 1 is 1.52 bits per heavy atom. The van der Waals surface area contributed by atoms with Crippen molar-refractivity contribution < 1.29 is 15.8 Å². The van der Waals surface area contributed by atoms with Gasteiger partial charge in [0.15, 0.2) is 5.78 Å². The molecule has 2 aliphatic carbocycles. The van der Waals surface area contributed by atoms with Crippen molar-refractivity contribution in [2.24, 2.45) is 18.9 Å². The number of nitrogens with zero attached hydrogens (tertiary/aromatic N) is 5. The first-order valence-electron chi connectivity index (χ1n) is 10.1. The van der Waals surface area contributed by atoms with Gasteiger partial charge in [-0.15, -0.1) is 10.2 Å². The molecule has 0 radical (unpaired) electrons. The number of hydrogen-bond donors (Lipinski definition) is 2. The molecule has 0 fully saturated rings. The number of aromatic nitrogens is 4. The number of fused-ring (bicyclic) bond motifs is 3. The highest BCUT2D eigenvalue weighted by molar-refractivity contribution is 6.00. The summed E-state index contributed by atoms with van der Waals surface area (Å²) in [7, 11) is 4.54. The number of carbonyl (C=O) groups is 1. The van der Waals surface area contributed by atoms with Crippen molar-refractivity contribution >= 4 is 5.78 Å². The molecule has 0 amide bonds. The third-order valence-corrected chi connectivity index (χ3v) is 5.69. The third-order valence-electron chi connectivity index (χ3n) is 5.69. The molecule has 0 aromatic carbocycles. The Morgan fingerprint density at radius 3 is 2.72 bits per heavy atom. The minimum atomic E-state index is -0.439. The highest BCUT2D eigenvalue weighted by atomic mass is 16.5. The predicted molar refractivity (Wildman–Crippen MR) is 107 cm³/mol. The highest BCUT2D eigenvalue weighted by Crippen LogP contribution is 2.51. The second-order valence-corrected chi connectivity index (χ2v) is 7.37. The SMILES string of the molecule is CNO.[3H]C.[C-]#[N+]C1=C[C@]2(C)c3nn(C)c(-c4nnc(C)o4)c3CC[C@H]2[C@H](C)C1=O. The Hall–Kier alpha value is -2.83. The van der Waals surface area contributed by atoms with E-state index in [1.807, 2.05) is 20.0 Å². The standard InChI is InChI=1S/C18H19N5O2.CH5NO.CH4/c1-9-12-7-6-11-14(17-21-20-10(2)25-17)23(5)22-16(11)18(12,3)8-13(19-4)15(9)24;1-2-3;/h8-9,12H,6-7H2,1-3,5H3;2-3H,1H3;1H4/t9-,12-,18-;;/m0../s1/i;;1T. The van der Waals surface area contributed by atoms with E-state index in [1.165, 1.54) is 14.5 Å². The van der Waals surface area contributed by atoms with Gasteiger partial charge in [0, 0.05) is 39.3 Å². The number of hydrogen-bond acceptors (Lipinski definition) is 7. The van der Waals surface area contributed by atoms with Gasteiger partial charge in [0.2, 0.25) is 11.6 Å². The van der Waals surface area contributed by atoms with E-state index in [1.54, 1.807) is 17.1 Å². The van der Waals surface area contributed by atoms with Gasteiger partial charge in [-0.2, -0.15) is 5.10 Å². The zero-order valence-corrected chi connectivity index (χ0v) is 17.6. The topological polar surface area (TPSA) is 110 Å². The van der Waals surface area contributed by atoms with Crippen LogP contribution in [-0.4, -0.2) is 38.0 Å². The molecule has 156 valence electrons. The summed E-state index contributed by atoms with van der Waals surface area (Å²) in [6.07, 6.45) is 3.49. The number of aryl methyl sites for hydroxylation is 2. The number of nitrogens with one attached hydrogen (secondary N) is 1. The fourth-order valence-electron chi connectivity index (χ4n) is 4.48. The van der Waals surface area contributed by atoms with Gasteiger partial charge < -0.3 is 14.4 Å². The third kappa shape index (κ3) is 3.50. The predicted octanol–water partition coefficient (Wildman–Crippen LogP) is 2.85. The van der Waals surface area contributed by atoms with E-state index in [2.05, 4.69) is 22.0 Å². The molecule has 2 aliphatic rings. The van der Waals surface area contributed by atoms with Crippen molar-refractivity contribution in [3.05, 3.63) is 40.3 Å². The minimum absolute atomic E-state index is 0.0513. The van der Waals surface area contributed by atoms with E-state index in [0.717, 1.165) is 29.8 Å². The number of Topliss-reactive ketones (excluding diaryl/α,β-unsaturated/α-hetero) is 1. The maximum absolute atomic E-state index is 12.4. The smallest absolute Gasteiger partial charge is 0.266 e. The minimum Gasteiger partial charge on any atom is -0.420 e. The molecule has 2 aromatic heterocycles. The van der Waals surface area contributed by atoms with Gasteiger partial charge in [-0.3, -0.25) is 4.68 Å². The van der Waals surface area contributed by atoms with Gasteiger partial charge in [0.05, 0.1) is 12.3 Å². The molecule has 2 N–H and O–H groups in total. The van der Waals surface area contributed by atoms with Crippen LogP contribution in [0, 0.1) is 25.3 Å². The van der Waals surface area contributed by atoms with E-state index < -0.39 is 5.41 Å². The van der Waals surface area contributed by atoms with Gasteiger partial charge in [0.25, 0.3) is 5.89 Å². The molecule has 0 bridgehead atoms. The number of hydroxylamine groups is 1. The molecule has 0 saturated carbocycles. The van der Waals surface area contributed by atoms with Crippen molar-refractivity contribution in [1.29, 1.82) is 0 Å². The number of allylic oxidation sites excluding steroid dienone is 2. The van der Waals surface area contributed by atoms with Crippen LogP contribution < -0.4 is 5.48 Å². The summed E-state index contributed by atoms with van der Waals surface area (Å²) in [5.41, 5.74) is 4.36. The van der Waals surface area contributed by atoms with Crippen molar-refractivity contribution in [1.82, 2.24) is 25.5 Å².